The van der Waals surface area contributed by atoms with Gasteiger partial charge in [-0.15, -0.1) is 6.58 Å². The maximum atomic E-state index is 10.8. The van der Waals surface area contributed by atoms with Crippen molar-refractivity contribution in [2.75, 3.05) is 0 Å². The van der Waals surface area contributed by atoms with E-state index in [4.69, 9.17) is 4.42 Å². The number of aliphatic hydroxyl groups excluding tert-OH is 1. The fraction of sp³-hybridized carbons (Fsp3) is 0.667. The van der Waals surface area contributed by atoms with Crippen LogP contribution >= 0.6 is 0 Å². The first-order valence-electron chi connectivity index (χ1n) is 10.3. The molecule has 0 aliphatic heterocycles. The van der Waals surface area contributed by atoms with Crippen LogP contribution in [0.15, 0.2) is 46.8 Å². The van der Waals surface area contributed by atoms with Gasteiger partial charge in [-0.3, -0.25) is 0 Å². The standard InChI is InChI=1S/C24H36O2/c1-17(2)10-13-24(5)18(3)8-9-20-21(24)7-6-12-23(20,4)15-22(25)19-11-14-26-16-19/h7,11,14,16,18,20,22,25H,1,6,8-10,12-13,15H2,2-5H3/t18-,20+,22-,23-,24+/m1/s1. The van der Waals surface area contributed by atoms with Crippen molar-refractivity contribution in [1.82, 2.24) is 0 Å². The van der Waals surface area contributed by atoms with E-state index in [-0.39, 0.29) is 10.8 Å². The Morgan fingerprint density at radius 1 is 1.38 bits per heavy atom. The van der Waals surface area contributed by atoms with Crippen LogP contribution in [-0.4, -0.2) is 5.11 Å². The number of fused-ring (bicyclic) bond motifs is 1. The highest BCUT2D eigenvalue weighted by Gasteiger charge is 2.49. The summed E-state index contributed by atoms with van der Waals surface area (Å²) in [7, 11) is 0. The third kappa shape index (κ3) is 3.58. The molecule has 2 nitrogen and oxygen atoms in total. The summed E-state index contributed by atoms with van der Waals surface area (Å²) in [4.78, 5) is 0. The average molecular weight is 357 g/mol. The highest BCUT2D eigenvalue weighted by atomic mass is 16.3. The van der Waals surface area contributed by atoms with Gasteiger partial charge >= 0.3 is 0 Å². The second-order valence-corrected chi connectivity index (χ2v) is 9.53. The predicted octanol–water partition coefficient (Wildman–Crippen LogP) is 6.84. The quantitative estimate of drug-likeness (QED) is 0.566. The normalized spacial score (nSPS) is 35.5. The summed E-state index contributed by atoms with van der Waals surface area (Å²) in [6.07, 6.45) is 13.4. The zero-order chi connectivity index (χ0) is 18.9. The molecule has 1 aromatic heterocycles. The van der Waals surface area contributed by atoms with E-state index in [2.05, 4.69) is 40.3 Å². The van der Waals surface area contributed by atoms with Crippen molar-refractivity contribution in [2.24, 2.45) is 22.7 Å². The van der Waals surface area contributed by atoms with Gasteiger partial charge in [0.25, 0.3) is 0 Å². The number of aliphatic hydroxyl groups is 1. The Morgan fingerprint density at radius 3 is 2.81 bits per heavy atom. The zero-order valence-corrected chi connectivity index (χ0v) is 17.1. The number of allylic oxidation sites excluding steroid dienone is 3. The second kappa shape index (κ2) is 7.38. The van der Waals surface area contributed by atoms with E-state index in [0.29, 0.717) is 11.8 Å². The lowest BCUT2D eigenvalue weighted by Gasteiger charge is -2.54. The molecule has 1 saturated carbocycles. The molecule has 3 rings (SSSR count). The van der Waals surface area contributed by atoms with Gasteiger partial charge in [0.1, 0.15) is 0 Å². The Kier molecular flexibility index (Phi) is 5.53. The van der Waals surface area contributed by atoms with Crippen LogP contribution in [0.3, 0.4) is 0 Å². The molecule has 2 aliphatic carbocycles. The summed E-state index contributed by atoms with van der Waals surface area (Å²) in [5.41, 5.74) is 4.30. The van der Waals surface area contributed by atoms with E-state index < -0.39 is 6.10 Å². The average Bonchev–Trinajstić information content (AvgIpc) is 3.12. The summed E-state index contributed by atoms with van der Waals surface area (Å²) in [5.74, 6) is 1.30. The molecule has 2 aliphatic rings. The van der Waals surface area contributed by atoms with E-state index in [0.717, 1.165) is 24.8 Å². The Morgan fingerprint density at radius 2 is 2.15 bits per heavy atom. The first kappa shape index (κ1) is 19.5. The van der Waals surface area contributed by atoms with Crippen LogP contribution in [0.4, 0.5) is 0 Å². The minimum atomic E-state index is -0.431. The molecule has 2 heteroatoms. The Hall–Kier alpha value is -1.28. The van der Waals surface area contributed by atoms with Crippen molar-refractivity contribution in [1.29, 1.82) is 0 Å². The molecule has 1 N–H and O–H groups in total. The highest BCUT2D eigenvalue weighted by Crippen LogP contribution is 2.60. The molecular weight excluding hydrogens is 320 g/mol. The highest BCUT2D eigenvalue weighted by molar-refractivity contribution is 5.27. The smallest absolute Gasteiger partial charge is 0.0960 e. The van der Waals surface area contributed by atoms with Gasteiger partial charge in [0.15, 0.2) is 0 Å². The van der Waals surface area contributed by atoms with Gasteiger partial charge in [0, 0.05) is 5.56 Å². The monoisotopic (exact) mass is 356 g/mol. The van der Waals surface area contributed by atoms with E-state index in [1.54, 1.807) is 18.1 Å². The van der Waals surface area contributed by atoms with Gasteiger partial charge in [-0.1, -0.05) is 38.0 Å². The predicted molar refractivity (Wildman–Crippen MR) is 108 cm³/mol. The van der Waals surface area contributed by atoms with Crippen molar-refractivity contribution in [3.8, 4) is 0 Å². The molecule has 1 fully saturated rings. The fourth-order valence-corrected chi connectivity index (χ4v) is 5.54. The van der Waals surface area contributed by atoms with Gasteiger partial charge in [-0.05, 0) is 80.6 Å². The van der Waals surface area contributed by atoms with E-state index in [1.165, 1.54) is 31.3 Å². The summed E-state index contributed by atoms with van der Waals surface area (Å²) in [6, 6.07) is 1.90. The summed E-state index contributed by atoms with van der Waals surface area (Å²) in [6.45, 7) is 13.6. The van der Waals surface area contributed by atoms with Crippen molar-refractivity contribution in [3.05, 3.63) is 48.0 Å². The zero-order valence-electron chi connectivity index (χ0n) is 17.1. The van der Waals surface area contributed by atoms with E-state index in [1.807, 2.05) is 6.07 Å². The third-order valence-electron chi connectivity index (χ3n) is 7.59. The van der Waals surface area contributed by atoms with Crippen LogP contribution in [0.5, 0.6) is 0 Å². The van der Waals surface area contributed by atoms with Gasteiger partial charge in [0.2, 0.25) is 0 Å². The lowest BCUT2D eigenvalue weighted by atomic mass is 9.50. The van der Waals surface area contributed by atoms with Crippen molar-refractivity contribution in [3.63, 3.8) is 0 Å². The molecule has 144 valence electrons. The topological polar surface area (TPSA) is 33.4 Å². The van der Waals surface area contributed by atoms with Crippen molar-refractivity contribution in [2.45, 2.75) is 78.7 Å². The molecule has 1 heterocycles. The first-order chi connectivity index (χ1) is 12.3. The lowest BCUT2D eigenvalue weighted by molar-refractivity contribution is 0.0248. The van der Waals surface area contributed by atoms with E-state index in [9.17, 15) is 5.11 Å². The summed E-state index contributed by atoms with van der Waals surface area (Å²) < 4.78 is 5.19. The molecule has 26 heavy (non-hydrogen) atoms. The Bertz CT molecular complexity index is 656. The maximum Gasteiger partial charge on any atom is 0.0960 e. The number of hydrogen-bond donors (Lipinski definition) is 1. The van der Waals surface area contributed by atoms with Gasteiger partial charge < -0.3 is 9.52 Å². The van der Waals surface area contributed by atoms with Crippen LogP contribution < -0.4 is 0 Å². The maximum absolute atomic E-state index is 10.8. The molecule has 0 bridgehead atoms. The molecular formula is C24H36O2. The van der Waals surface area contributed by atoms with E-state index >= 15 is 0 Å². The molecule has 0 aromatic carbocycles. The Balaban J connectivity index is 1.84. The minimum Gasteiger partial charge on any atom is -0.472 e. The van der Waals surface area contributed by atoms with Gasteiger partial charge in [0.05, 0.1) is 18.6 Å². The van der Waals surface area contributed by atoms with Crippen LogP contribution in [0.25, 0.3) is 0 Å². The lowest BCUT2D eigenvalue weighted by Crippen LogP contribution is -2.44. The molecule has 0 amide bonds. The van der Waals surface area contributed by atoms with Crippen LogP contribution in [-0.2, 0) is 0 Å². The number of hydrogen-bond acceptors (Lipinski definition) is 2. The van der Waals surface area contributed by atoms with Gasteiger partial charge in [-0.25, -0.2) is 0 Å². The van der Waals surface area contributed by atoms with Crippen molar-refractivity contribution < 1.29 is 9.52 Å². The molecule has 5 atom stereocenters. The summed E-state index contributed by atoms with van der Waals surface area (Å²) >= 11 is 0. The number of furan rings is 1. The number of rotatable bonds is 6. The van der Waals surface area contributed by atoms with Crippen molar-refractivity contribution >= 4 is 0 Å². The Labute approximate surface area is 159 Å². The van der Waals surface area contributed by atoms with Crippen LogP contribution in [0, 0.1) is 22.7 Å². The summed E-state index contributed by atoms with van der Waals surface area (Å²) in [5, 5.41) is 10.8. The minimum absolute atomic E-state index is 0.158. The van der Waals surface area contributed by atoms with Crippen LogP contribution in [0.1, 0.15) is 84.3 Å². The van der Waals surface area contributed by atoms with Gasteiger partial charge in [-0.2, -0.15) is 0 Å². The molecule has 1 aromatic rings. The largest absolute Gasteiger partial charge is 0.472 e. The first-order valence-corrected chi connectivity index (χ1v) is 10.3. The molecule has 0 unspecified atom stereocenters. The second-order valence-electron chi connectivity index (χ2n) is 9.53. The third-order valence-corrected chi connectivity index (χ3v) is 7.59. The molecule has 0 spiro atoms. The molecule has 0 saturated heterocycles. The SMILES string of the molecule is C=C(C)CC[C@]1(C)C2=CCC[C@](C)(C[C@@H](O)c3ccoc3)[C@H]2CC[C@H]1C. The molecule has 0 radical (unpaired) electrons. The van der Waals surface area contributed by atoms with Crippen LogP contribution in [0.2, 0.25) is 0 Å². The fourth-order valence-electron chi connectivity index (χ4n) is 5.54.